The average Bonchev–Trinajstić information content (AvgIpc) is 2.89. The smallest absolute Gasteiger partial charge is 0.0931 e. The van der Waals surface area contributed by atoms with Gasteiger partial charge in [0.15, 0.2) is 0 Å². The lowest BCUT2D eigenvalue weighted by atomic mass is 9.93. The maximum atomic E-state index is 4.83. The van der Waals surface area contributed by atoms with Gasteiger partial charge in [0.1, 0.15) is 0 Å². The van der Waals surface area contributed by atoms with E-state index in [1.54, 1.807) is 0 Å². The Labute approximate surface area is 115 Å². The summed E-state index contributed by atoms with van der Waals surface area (Å²) in [5.41, 5.74) is 1.44. The van der Waals surface area contributed by atoms with Crippen molar-refractivity contribution in [2.24, 2.45) is 5.92 Å². The number of hydrogen-bond acceptors (Lipinski definition) is 3. The van der Waals surface area contributed by atoms with Crippen molar-refractivity contribution in [1.29, 1.82) is 0 Å². The van der Waals surface area contributed by atoms with Crippen LogP contribution < -0.4 is 5.32 Å². The van der Waals surface area contributed by atoms with E-state index in [0.29, 0.717) is 0 Å². The molecule has 3 heteroatoms. The summed E-state index contributed by atoms with van der Waals surface area (Å²) in [6.07, 6.45) is 5.25. The van der Waals surface area contributed by atoms with Crippen LogP contribution in [0.3, 0.4) is 0 Å². The first kappa shape index (κ1) is 14.0. The lowest BCUT2D eigenvalue weighted by Crippen LogP contribution is -2.33. The third-order valence-corrected chi connectivity index (χ3v) is 4.75. The quantitative estimate of drug-likeness (QED) is 0.897. The van der Waals surface area contributed by atoms with Gasteiger partial charge in [0.2, 0.25) is 0 Å². The number of aromatic nitrogens is 1. The van der Waals surface area contributed by atoms with Crippen LogP contribution in [-0.2, 0) is 11.8 Å². The highest BCUT2D eigenvalue weighted by molar-refractivity contribution is 7.09. The van der Waals surface area contributed by atoms with Crippen LogP contribution in [0, 0.1) is 5.92 Å². The van der Waals surface area contributed by atoms with Crippen LogP contribution in [-0.4, -0.2) is 17.6 Å². The zero-order valence-corrected chi connectivity index (χ0v) is 12.9. The molecule has 2 rings (SSSR count). The summed E-state index contributed by atoms with van der Waals surface area (Å²) in [7, 11) is 0. The number of thiazole rings is 1. The highest BCUT2D eigenvalue weighted by atomic mass is 32.1. The fourth-order valence-corrected chi connectivity index (χ4v) is 3.90. The monoisotopic (exact) mass is 266 g/mol. The summed E-state index contributed by atoms with van der Waals surface area (Å²) in [6, 6.07) is 0.719. The van der Waals surface area contributed by atoms with Crippen LogP contribution >= 0.6 is 11.3 Å². The summed E-state index contributed by atoms with van der Waals surface area (Å²) in [4.78, 5) is 4.83. The van der Waals surface area contributed by atoms with E-state index >= 15 is 0 Å². The van der Waals surface area contributed by atoms with E-state index in [1.165, 1.54) is 36.4 Å². The van der Waals surface area contributed by atoms with Crippen LogP contribution in [0.2, 0.25) is 0 Å². The third-order valence-electron chi connectivity index (χ3n) is 3.88. The average molecular weight is 266 g/mol. The van der Waals surface area contributed by atoms with E-state index in [0.717, 1.165) is 18.5 Å². The Morgan fingerprint density at radius 3 is 2.78 bits per heavy atom. The standard InChI is InChI=1S/C15H26N2S/c1-5-16-12-8-6-7-11(12)9-14-17-13(10-18-14)15(2,3)4/h10-12,16H,5-9H2,1-4H3. The molecule has 1 heterocycles. The Balaban J connectivity index is 1.99. The molecule has 1 aliphatic carbocycles. The molecule has 18 heavy (non-hydrogen) atoms. The summed E-state index contributed by atoms with van der Waals surface area (Å²) in [5, 5.41) is 7.20. The van der Waals surface area contributed by atoms with Crippen molar-refractivity contribution in [1.82, 2.24) is 10.3 Å². The minimum Gasteiger partial charge on any atom is -0.314 e. The van der Waals surface area contributed by atoms with Gasteiger partial charge in [-0.25, -0.2) is 4.98 Å². The van der Waals surface area contributed by atoms with Gasteiger partial charge in [0.05, 0.1) is 10.7 Å². The third kappa shape index (κ3) is 3.33. The molecule has 1 saturated carbocycles. The molecule has 1 N–H and O–H groups in total. The molecule has 2 nitrogen and oxygen atoms in total. The normalized spacial score (nSPS) is 24.7. The van der Waals surface area contributed by atoms with E-state index < -0.39 is 0 Å². The maximum Gasteiger partial charge on any atom is 0.0931 e. The van der Waals surface area contributed by atoms with Gasteiger partial charge in [-0.05, 0) is 25.3 Å². The van der Waals surface area contributed by atoms with Crippen molar-refractivity contribution in [3.63, 3.8) is 0 Å². The van der Waals surface area contributed by atoms with Gasteiger partial charge in [-0.15, -0.1) is 11.3 Å². The number of hydrogen-bond donors (Lipinski definition) is 1. The zero-order valence-electron chi connectivity index (χ0n) is 12.1. The molecule has 0 radical (unpaired) electrons. The second kappa shape index (κ2) is 5.70. The minimum absolute atomic E-state index is 0.186. The highest BCUT2D eigenvalue weighted by Gasteiger charge is 2.28. The lowest BCUT2D eigenvalue weighted by molar-refractivity contribution is 0.405. The number of nitrogens with zero attached hydrogens (tertiary/aromatic N) is 1. The van der Waals surface area contributed by atoms with E-state index in [1.807, 2.05) is 11.3 Å². The number of rotatable bonds is 4. The summed E-state index contributed by atoms with van der Waals surface area (Å²) in [6.45, 7) is 10.0. The summed E-state index contributed by atoms with van der Waals surface area (Å²) in [5.74, 6) is 0.795. The fourth-order valence-electron chi connectivity index (χ4n) is 2.79. The Morgan fingerprint density at radius 2 is 2.17 bits per heavy atom. The Hall–Kier alpha value is -0.410. The van der Waals surface area contributed by atoms with Crippen LogP contribution in [0.1, 0.15) is 57.7 Å². The maximum absolute atomic E-state index is 4.83. The van der Waals surface area contributed by atoms with Crippen molar-refractivity contribution in [2.75, 3.05) is 6.54 Å². The Kier molecular flexibility index (Phi) is 4.44. The first-order chi connectivity index (χ1) is 8.50. The second-order valence-electron chi connectivity index (χ2n) is 6.44. The van der Waals surface area contributed by atoms with Gasteiger partial charge >= 0.3 is 0 Å². The Morgan fingerprint density at radius 1 is 1.39 bits per heavy atom. The molecule has 0 amide bonds. The molecule has 1 aliphatic rings. The van der Waals surface area contributed by atoms with Crippen LogP contribution in [0.15, 0.2) is 5.38 Å². The number of nitrogens with one attached hydrogen (secondary N) is 1. The molecular formula is C15H26N2S. The molecule has 0 aromatic carbocycles. The molecule has 0 spiro atoms. The van der Waals surface area contributed by atoms with Crippen molar-refractivity contribution in [3.8, 4) is 0 Å². The van der Waals surface area contributed by atoms with Crippen molar-refractivity contribution in [3.05, 3.63) is 16.1 Å². The van der Waals surface area contributed by atoms with Crippen LogP contribution in [0.4, 0.5) is 0 Å². The van der Waals surface area contributed by atoms with Gasteiger partial charge < -0.3 is 5.32 Å². The van der Waals surface area contributed by atoms with E-state index in [9.17, 15) is 0 Å². The molecule has 0 aliphatic heterocycles. The van der Waals surface area contributed by atoms with Crippen molar-refractivity contribution in [2.45, 2.75) is 64.8 Å². The van der Waals surface area contributed by atoms with Gasteiger partial charge in [-0.2, -0.15) is 0 Å². The van der Waals surface area contributed by atoms with Gasteiger partial charge in [-0.1, -0.05) is 34.1 Å². The SMILES string of the molecule is CCNC1CCCC1Cc1nc(C(C)(C)C)cs1. The van der Waals surface area contributed by atoms with Crippen LogP contribution in [0.25, 0.3) is 0 Å². The molecule has 102 valence electrons. The molecule has 1 aromatic heterocycles. The molecule has 0 bridgehead atoms. The Bertz CT molecular complexity index is 378. The summed E-state index contributed by atoms with van der Waals surface area (Å²) < 4.78 is 0. The summed E-state index contributed by atoms with van der Waals surface area (Å²) >= 11 is 1.84. The molecule has 1 fully saturated rings. The topological polar surface area (TPSA) is 24.9 Å². The van der Waals surface area contributed by atoms with E-state index in [-0.39, 0.29) is 5.41 Å². The lowest BCUT2D eigenvalue weighted by Gasteiger charge is -2.19. The predicted molar refractivity (Wildman–Crippen MR) is 79.3 cm³/mol. The second-order valence-corrected chi connectivity index (χ2v) is 7.38. The molecular weight excluding hydrogens is 240 g/mol. The largest absolute Gasteiger partial charge is 0.314 e. The highest BCUT2D eigenvalue weighted by Crippen LogP contribution is 2.31. The first-order valence-corrected chi connectivity index (χ1v) is 8.07. The van der Waals surface area contributed by atoms with Crippen LogP contribution in [0.5, 0.6) is 0 Å². The van der Waals surface area contributed by atoms with E-state index in [4.69, 9.17) is 4.98 Å². The molecule has 0 saturated heterocycles. The minimum atomic E-state index is 0.186. The van der Waals surface area contributed by atoms with Gasteiger partial charge in [0.25, 0.3) is 0 Å². The molecule has 2 atom stereocenters. The van der Waals surface area contributed by atoms with Gasteiger partial charge in [0, 0.05) is 23.3 Å². The van der Waals surface area contributed by atoms with Crippen molar-refractivity contribution >= 4 is 11.3 Å². The fraction of sp³-hybridized carbons (Fsp3) is 0.800. The first-order valence-electron chi connectivity index (χ1n) is 7.19. The zero-order chi connectivity index (χ0) is 13.2. The van der Waals surface area contributed by atoms with Crippen molar-refractivity contribution < 1.29 is 0 Å². The van der Waals surface area contributed by atoms with Gasteiger partial charge in [-0.3, -0.25) is 0 Å². The molecule has 1 aromatic rings. The molecule has 2 unspecified atom stereocenters. The predicted octanol–water partition coefficient (Wildman–Crippen LogP) is 3.76. The van der Waals surface area contributed by atoms with E-state index in [2.05, 4.69) is 38.4 Å².